The first-order valence-electron chi connectivity index (χ1n) is 9.08. The van der Waals surface area contributed by atoms with Crippen molar-refractivity contribution in [1.82, 2.24) is 14.8 Å². The molecule has 0 atom stereocenters. The zero-order valence-corrected chi connectivity index (χ0v) is 16.7. The largest absolute Gasteiger partial charge is 0.301 e. The highest BCUT2D eigenvalue weighted by molar-refractivity contribution is 8.01. The molecule has 2 aromatic heterocycles. The number of hydrogen-bond acceptors (Lipinski definition) is 6. The molecule has 0 saturated heterocycles. The second-order valence-electron chi connectivity index (χ2n) is 6.44. The zero-order valence-electron chi connectivity index (χ0n) is 15.0. The molecule has 6 nitrogen and oxygen atoms in total. The van der Waals surface area contributed by atoms with E-state index in [1.54, 1.807) is 6.92 Å². The maximum Gasteiger partial charge on any atom is 0.241 e. The number of rotatable bonds is 5. The van der Waals surface area contributed by atoms with E-state index in [1.807, 2.05) is 22.8 Å². The standard InChI is InChI=1S/C19H20N4O2S2/c1-2-16(24)20-18-21-22-19(27-18)26-11-17(25)23-14-9-5-3-7-12(14)13-8-4-6-10-15(13)23/h3,5,7,9H,2,4,6,8,10-11H2,1H3,(H,20,21,24). The van der Waals surface area contributed by atoms with Gasteiger partial charge in [-0.1, -0.05) is 48.2 Å². The average Bonchev–Trinajstić information content (AvgIpc) is 3.28. The first-order chi connectivity index (χ1) is 13.2. The van der Waals surface area contributed by atoms with Crippen LogP contribution in [0.3, 0.4) is 0 Å². The van der Waals surface area contributed by atoms with Gasteiger partial charge in [-0.05, 0) is 37.3 Å². The minimum atomic E-state index is -0.0933. The Morgan fingerprint density at radius 3 is 2.89 bits per heavy atom. The molecule has 1 amide bonds. The van der Waals surface area contributed by atoms with Gasteiger partial charge in [-0.15, -0.1) is 10.2 Å². The number of fused-ring (bicyclic) bond motifs is 3. The van der Waals surface area contributed by atoms with Crippen LogP contribution in [-0.4, -0.2) is 32.3 Å². The van der Waals surface area contributed by atoms with Crippen molar-refractivity contribution < 1.29 is 9.59 Å². The molecule has 2 heterocycles. The second kappa shape index (κ2) is 7.82. The third-order valence-corrected chi connectivity index (χ3v) is 6.68. The number of benzene rings is 1. The van der Waals surface area contributed by atoms with Gasteiger partial charge >= 0.3 is 0 Å². The van der Waals surface area contributed by atoms with E-state index in [0.717, 1.165) is 24.8 Å². The fraction of sp³-hybridized carbons (Fsp3) is 0.368. The molecule has 8 heteroatoms. The Balaban J connectivity index is 1.53. The van der Waals surface area contributed by atoms with Crippen LogP contribution in [0.4, 0.5) is 5.13 Å². The van der Waals surface area contributed by atoms with E-state index in [-0.39, 0.29) is 11.8 Å². The monoisotopic (exact) mass is 400 g/mol. The molecule has 0 saturated carbocycles. The summed E-state index contributed by atoms with van der Waals surface area (Å²) in [5, 5.41) is 12.4. The first kappa shape index (κ1) is 18.2. The molecule has 1 aromatic carbocycles. The number of hydrogen-bond donors (Lipinski definition) is 1. The molecule has 0 fully saturated rings. The van der Waals surface area contributed by atoms with Gasteiger partial charge in [0, 0.05) is 17.5 Å². The molecule has 0 spiro atoms. The summed E-state index contributed by atoms with van der Waals surface area (Å²) in [6.45, 7) is 1.78. The lowest BCUT2D eigenvalue weighted by Crippen LogP contribution is -2.18. The lowest BCUT2D eigenvalue weighted by molar-refractivity contribution is -0.115. The molecular weight excluding hydrogens is 380 g/mol. The molecule has 0 aliphatic heterocycles. The molecule has 0 radical (unpaired) electrons. The molecule has 1 aliphatic carbocycles. The minimum absolute atomic E-state index is 0.0636. The number of aromatic nitrogens is 3. The number of aryl methyl sites for hydroxylation is 1. The predicted octanol–water partition coefficient (Wildman–Crippen LogP) is 4.15. The minimum Gasteiger partial charge on any atom is -0.301 e. The van der Waals surface area contributed by atoms with Crippen molar-refractivity contribution in [2.24, 2.45) is 0 Å². The fourth-order valence-corrected chi connectivity index (χ4v) is 5.11. The Hall–Kier alpha value is -2.19. The van der Waals surface area contributed by atoms with Crippen LogP contribution in [0.15, 0.2) is 28.6 Å². The average molecular weight is 401 g/mol. The quantitative estimate of drug-likeness (QED) is 0.514. The number of anilines is 1. The first-order valence-corrected chi connectivity index (χ1v) is 10.9. The maximum atomic E-state index is 13.0. The second-order valence-corrected chi connectivity index (χ2v) is 8.64. The van der Waals surface area contributed by atoms with E-state index in [4.69, 9.17) is 0 Å². The maximum absolute atomic E-state index is 13.0. The molecule has 4 rings (SSSR count). The summed E-state index contributed by atoms with van der Waals surface area (Å²) in [6, 6.07) is 8.16. The lowest BCUT2D eigenvalue weighted by atomic mass is 9.96. The summed E-state index contributed by atoms with van der Waals surface area (Å²) in [6.07, 6.45) is 4.69. The third-order valence-electron chi connectivity index (χ3n) is 4.72. The summed E-state index contributed by atoms with van der Waals surface area (Å²) in [4.78, 5) is 24.5. The van der Waals surface area contributed by atoms with Gasteiger partial charge < -0.3 is 5.32 Å². The highest BCUT2D eigenvalue weighted by Crippen LogP contribution is 2.33. The van der Waals surface area contributed by atoms with Gasteiger partial charge in [0.2, 0.25) is 16.9 Å². The van der Waals surface area contributed by atoms with Crippen LogP contribution in [0, 0.1) is 0 Å². The van der Waals surface area contributed by atoms with Gasteiger partial charge in [-0.3, -0.25) is 14.2 Å². The Morgan fingerprint density at radius 2 is 2.04 bits per heavy atom. The smallest absolute Gasteiger partial charge is 0.241 e. The van der Waals surface area contributed by atoms with Crippen molar-refractivity contribution in [3.8, 4) is 0 Å². The molecule has 140 valence electrons. The Bertz CT molecular complexity index is 1010. The summed E-state index contributed by atoms with van der Waals surface area (Å²) >= 11 is 2.66. The molecule has 3 aromatic rings. The number of para-hydroxylation sites is 1. The number of carbonyl (C=O) groups excluding carboxylic acids is 2. The van der Waals surface area contributed by atoms with Gasteiger partial charge in [-0.25, -0.2) is 0 Å². The van der Waals surface area contributed by atoms with E-state index in [0.29, 0.717) is 21.6 Å². The Kier molecular flexibility index (Phi) is 5.27. The molecule has 1 aliphatic rings. The van der Waals surface area contributed by atoms with Crippen LogP contribution in [0.2, 0.25) is 0 Å². The zero-order chi connectivity index (χ0) is 18.8. The summed E-state index contributed by atoms with van der Waals surface area (Å²) in [7, 11) is 0. The number of amides is 1. The Labute approximate surface area is 165 Å². The van der Waals surface area contributed by atoms with Crippen molar-refractivity contribution in [2.45, 2.75) is 43.4 Å². The van der Waals surface area contributed by atoms with Crippen LogP contribution in [0.1, 0.15) is 42.2 Å². The Morgan fingerprint density at radius 1 is 1.22 bits per heavy atom. The van der Waals surface area contributed by atoms with Crippen LogP contribution in [0.5, 0.6) is 0 Å². The van der Waals surface area contributed by atoms with Crippen molar-refractivity contribution in [1.29, 1.82) is 0 Å². The summed E-state index contributed by atoms with van der Waals surface area (Å²) < 4.78 is 2.58. The van der Waals surface area contributed by atoms with Gasteiger partial charge in [0.1, 0.15) is 0 Å². The van der Waals surface area contributed by atoms with Crippen molar-refractivity contribution in [3.63, 3.8) is 0 Å². The fourth-order valence-electron chi connectivity index (χ4n) is 3.49. The number of nitrogens with one attached hydrogen (secondary N) is 1. The van der Waals surface area contributed by atoms with E-state index in [9.17, 15) is 9.59 Å². The van der Waals surface area contributed by atoms with Crippen molar-refractivity contribution >= 4 is 50.9 Å². The van der Waals surface area contributed by atoms with Gasteiger partial charge in [0.25, 0.3) is 0 Å². The van der Waals surface area contributed by atoms with Crippen molar-refractivity contribution in [2.75, 3.05) is 11.1 Å². The van der Waals surface area contributed by atoms with Gasteiger partial charge in [0.15, 0.2) is 4.34 Å². The highest BCUT2D eigenvalue weighted by atomic mass is 32.2. The number of carbonyl (C=O) groups is 2. The van der Waals surface area contributed by atoms with E-state index in [2.05, 4.69) is 21.6 Å². The molecule has 0 bridgehead atoms. The molecular formula is C19H20N4O2S2. The van der Waals surface area contributed by atoms with E-state index in [1.165, 1.54) is 46.2 Å². The van der Waals surface area contributed by atoms with Crippen LogP contribution in [-0.2, 0) is 17.6 Å². The molecule has 27 heavy (non-hydrogen) atoms. The number of nitrogens with zero attached hydrogens (tertiary/aromatic N) is 3. The summed E-state index contributed by atoms with van der Waals surface area (Å²) in [5.74, 6) is 0.263. The predicted molar refractivity (Wildman–Crippen MR) is 109 cm³/mol. The lowest BCUT2D eigenvalue weighted by Gasteiger charge is -2.14. The van der Waals surface area contributed by atoms with E-state index < -0.39 is 0 Å². The number of thioether (sulfide) groups is 1. The van der Waals surface area contributed by atoms with Crippen LogP contribution >= 0.6 is 23.1 Å². The highest BCUT2D eigenvalue weighted by Gasteiger charge is 2.23. The van der Waals surface area contributed by atoms with Crippen molar-refractivity contribution in [3.05, 3.63) is 35.5 Å². The SMILES string of the molecule is CCC(=O)Nc1nnc(SCC(=O)n2c3c(c4ccccc42)CCCC3)s1. The van der Waals surface area contributed by atoms with Gasteiger partial charge in [-0.2, -0.15) is 0 Å². The van der Waals surface area contributed by atoms with Gasteiger partial charge in [0.05, 0.1) is 11.3 Å². The summed E-state index contributed by atoms with van der Waals surface area (Å²) in [5.41, 5.74) is 3.50. The molecule has 1 N–H and O–H groups in total. The molecule has 0 unspecified atom stereocenters. The van der Waals surface area contributed by atoms with Crippen LogP contribution < -0.4 is 5.32 Å². The topological polar surface area (TPSA) is 76.9 Å². The van der Waals surface area contributed by atoms with E-state index >= 15 is 0 Å². The van der Waals surface area contributed by atoms with Crippen LogP contribution in [0.25, 0.3) is 10.9 Å². The normalized spacial score (nSPS) is 13.5. The third kappa shape index (κ3) is 3.64.